The zero-order valence-electron chi connectivity index (χ0n) is 10.3. The van der Waals surface area contributed by atoms with Crippen molar-refractivity contribution in [3.05, 3.63) is 52.8 Å². The first-order valence-electron chi connectivity index (χ1n) is 5.62. The van der Waals surface area contributed by atoms with Crippen LogP contribution in [0.2, 0.25) is 0 Å². The van der Waals surface area contributed by atoms with Crippen LogP contribution in [0.5, 0.6) is 0 Å². The molecule has 17 heavy (non-hydrogen) atoms. The van der Waals surface area contributed by atoms with Crippen LogP contribution in [0, 0.1) is 26.6 Å². The van der Waals surface area contributed by atoms with Crippen molar-refractivity contribution in [2.24, 2.45) is 0 Å². The van der Waals surface area contributed by atoms with E-state index < -0.39 is 0 Å². The predicted molar refractivity (Wildman–Crippen MR) is 70.5 cm³/mol. The number of anilines is 1. The second-order valence-corrected chi connectivity index (χ2v) is 4.51. The van der Waals surface area contributed by atoms with Crippen LogP contribution >= 0.6 is 0 Å². The first-order chi connectivity index (χ1) is 7.99. The fourth-order valence-electron chi connectivity index (χ4n) is 2.37. The summed E-state index contributed by atoms with van der Waals surface area (Å²) >= 11 is 0. The highest BCUT2D eigenvalue weighted by Gasteiger charge is 2.10. The van der Waals surface area contributed by atoms with E-state index in [1.165, 1.54) is 28.8 Å². The van der Waals surface area contributed by atoms with E-state index in [1.807, 2.05) is 0 Å². The average molecular weight is 229 g/mol. The fraction of sp³-hybridized carbons (Fsp3) is 0.200. The van der Waals surface area contributed by atoms with Crippen LogP contribution in [0.25, 0.3) is 11.1 Å². The topological polar surface area (TPSA) is 26.0 Å². The number of rotatable bonds is 1. The molecule has 2 N–H and O–H groups in total. The molecule has 0 fully saturated rings. The van der Waals surface area contributed by atoms with Crippen molar-refractivity contribution in [1.29, 1.82) is 0 Å². The lowest BCUT2D eigenvalue weighted by Crippen LogP contribution is -1.96. The monoisotopic (exact) mass is 229 g/mol. The molecule has 1 nitrogen and oxygen atoms in total. The maximum Gasteiger partial charge on any atom is 0.125 e. The van der Waals surface area contributed by atoms with Gasteiger partial charge in [0.05, 0.1) is 0 Å². The van der Waals surface area contributed by atoms with Crippen LogP contribution in [-0.4, -0.2) is 0 Å². The summed E-state index contributed by atoms with van der Waals surface area (Å²) in [6, 6.07) is 8.80. The van der Waals surface area contributed by atoms with Crippen molar-refractivity contribution in [3.8, 4) is 11.1 Å². The molecule has 0 heterocycles. The summed E-state index contributed by atoms with van der Waals surface area (Å²) in [5, 5.41) is 0. The zero-order chi connectivity index (χ0) is 12.6. The normalized spacial score (nSPS) is 10.6. The molecular formula is C15H16FN. The van der Waals surface area contributed by atoms with Gasteiger partial charge in [-0.1, -0.05) is 17.7 Å². The van der Waals surface area contributed by atoms with Crippen molar-refractivity contribution in [3.63, 3.8) is 0 Å². The smallest absolute Gasteiger partial charge is 0.125 e. The molecule has 0 amide bonds. The van der Waals surface area contributed by atoms with Crippen LogP contribution in [0.3, 0.4) is 0 Å². The molecule has 0 spiro atoms. The van der Waals surface area contributed by atoms with Crippen LogP contribution in [0.15, 0.2) is 30.3 Å². The minimum Gasteiger partial charge on any atom is -0.398 e. The molecule has 88 valence electrons. The molecule has 0 saturated carbocycles. The fourth-order valence-corrected chi connectivity index (χ4v) is 2.37. The standard InChI is InChI=1S/C15H16FN/c1-9-6-10(2)15(11(3)7-9)13-5-4-12(16)8-14(13)17/h4-8H,17H2,1-3H3. The van der Waals surface area contributed by atoms with E-state index in [9.17, 15) is 4.39 Å². The third kappa shape index (κ3) is 2.16. The summed E-state index contributed by atoms with van der Waals surface area (Å²) in [4.78, 5) is 0. The Morgan fingerprint density at radius 1 is 0.941 bits per heavy atom. The SMILES string of the molecule is Cc1cc(C)c(-c2ccc(F)cc2N)c(C)c1. The van der Waals surface area contributed by atoms with Gasteiger partial charge in [0.1, 0.15) is 5.82 Å². The Labute approximate surface area is 101 Å². The quantitative estimate of drug-likeness (QED) is 0.735. The van der Waals surface area contributed by atoms with E-state index in [4.69, 9.17) is 5.73 Å². The molecule has 0 aromatic heterocycles. The number of hydrogen-bond acceptors (Lipinski definition) is 1. The second-order valence-electron chi connectivity index (χ2n) is 4.51. The average Bonchev–Trinajstić information content (AvgIpc) is 2.19. The molecule has 0 bridgehead atoms. The molecule has 0 aliphatic carbocycles. The number of hydrogen-bond donors (Lipinski definition) is 1. The Hall–Kier alpha value is -1.83. The van der Waals surface area contributed by atoms with Crippen LogP contribution < -0.4 is 5.73 Å². The van der Waals surface area contributed by atoms with Crippen molar-refractivity contribution in [1.82, 2.24) is 0 Å². The highest BCUT2D eigenvalue weighted by molar-refractivity contribution is 5.80. The van der Waals surface area contributed by atoms with E-state index in [-0.39, 0.29) is 5.82 Å². The van der Waals surface area contributed by atoms with Crippen molar-refractivity contribution in [2.45, 2.75) is 20.8 Å². The van der Waals surface area contributed by atoms with Gasteiger partial charge in [0.2, 0.25) is 0 Å². The van der Waals surface area contributed by atoms with Crippen LogP contribution in [0.4, 0.5) is 10.1 Å². The van der Waals surface area contributed by atoms with Crippen LogP contribution in [-0.2, 0) is 0 Å². The van der Waals surface area contributed by atoms with Crippen molar-refractivity contribution in [2.75, 3.05) is 5.73 Å². The maximum atomic E-state index is 13.0. The number of nitrogens with two attached hydrogens (primary N) is 1. The summed E-state index contributed by atoms with van der Waals surface area (Å²) in [7, 11) is 0. The second kappa shape index (κ2) is 4.21. The van der Waals surface area contributed by atoms with Gasteiger partial charge in [-0.15, -0.1) is 0 Å². The Morgan fingerprint density at radius 2 is 1.53 bits per heavy atom. The van der Waals surface area contributed by atoms with Gasteiger partial charge >= 0.3 is 0 Å². The van der Waals surface area contributed by atoms with Gasteiger partial charge in [0.15, 0.2) is 0 Å². The number of nitrogen functional groups attached to an aromatic ring is 1. The molecule has 0 saturated heterocycles. The Balaban J connectivity index is 2.68. The van der Waals surface area contributed by atoms with Gasteiger partial charge in [-0.05, 0) is 55.7 Å². The highest BCUT2D eigenvalue weighted by atomic mass is 19.1. The third-order valence-electron chi connectivity index (χ3n) is 2.96. The summed E-state index contributed by atoms with van der Waals surface area (Å²) in [5.41, 5.74) is 11.9. The molecule has 2 rings (SSSR count). The van der Waals surface area contributed by atoms with Gasteiger partial charge in [-0.25, -0.2) is 4.39 Å². The van der Waals surface area contributed by atoms with Gasteiger partial charge in [-0.3, -0.25) is 0 Å². The van der Waals surface area contributed by atoms with Crippen molar-refractivity contribution >= 4 is 5.69 Å². The lowest BCUT2D eigenvalue weighted by Gasteiger charge is -2.13. The largest absolute Gasteiger partial charge is 0.398 e. The Morgan fingerprint density at radius 3 is 2.06 bits per heavy atom. The molecule has 2 aromatic rings. The summed E-state index contributed by atoms with van der Waals surface area (Å²) < 4.78 is 13.0. The maximum absolute atomic E-state index is 13.0. The van der Waals surface area contributed by atoms with Gasteiger partial charge < -0.3 is 5.73 Å². The van der Waals surface area contributed by atoms with Gasteiger partial charge in [0.25, 0.3) is 0 Å². The molecule has 0 radical (unpaired) electrons. The van der Waals surface area contributed by atoms with E-state index >= 15 is 0 Å². The molecular weight excluding hydrogens is 213 g/mol. The van der Waals surface area contributed by atoms with Gasteiger partial charge in [0, 0.05) is 11.3 Å². The molecule has 2 heteroatoms. The summed E-state index contributed by atoms with van der Waals surface area (Å²) in [6.07, 6.45) is 0. The molecule has 0 aliphatic heterocycles. The Bertz CT molecular complexity index is 550. The first kappa shape index (κ1) is 11.6. The Kier molecular flexibility index (Phi) is 2.88. The molecule has 2 aromatic carbocycles. The lowest BCUT2D eigenvalue weighted by molar-refractivity contribution is 0.628. The molecule has 0 aliphatic rings. The number of halogens is 1. The van der Waals surface area contributed by atoms with E-state index in [1.54, 1.807) is 6.07 Å². The summed E-state index contributed by atoms with van der Waals surface area (Å²) in [6.45, 7) is 6.17. The zero-order valence-corrected chi connectivity index (χ0v) is 10.3. The summed E-state index contributed by atoms with van der Waals surface area (Å²) in [5.74, 6) is -0.298. The first-order valence-corrected chi connectivity index (χ1v) is 5.62. The third-order valence-corrected chi connectivity index (χ3v) is 2.96. The van der Waals surface area contributed by atoms with E-state index in [0.29, 0.717) is 5.69 Å². The highest BCUT2D eigenvalue weighted by Crippen LogP contribution is 2.32. The minimum atomic E-state index is -0.298. The molecule has 0 atom stereocenters. The predicted octanol–water partition coefficient (Wildman–Crippen LogP) is 4.00. The van der Waals surface area contributed by atoms with E-state index in [0.717, 1.165) is 11.1 Å². The number of benzene rings is 2. The lowest BCUT2D eigenvalue weighted by atomic mass is 9.93. The van der Waals surface area contributed by atoms with Crippen LogP contribution in [0.1, 0.15) is 16.7 Å². The van der Waals surface area contributed by atoms with Crippen molar-refractivity contribution < 1.29 is 4.39 Å². The van der Waals surface area contributed by atoms with E-state index in [2.05, 4.69) is 32.9 Å². The number of aryl methyl sites for hydroxylation is 3. The minimum absolute atomic E-state index is 0.298. The molecule has 0 unspecified atom stereocenters. The van der Waals surface area contributed by atoms with Gasteiger partial charge in [-0.2, -0.15) is 0 Å².